The van der Waals surface area contributed by atoms with Gasteiger partial charge in [-0.2, -0.15) is 5.26 Å². The van der Waals surface area contributed by atoms with Gasteiger partial charge in [0.05, 0.1) is 25.7 Å². The summed E-state index contributed by atoms with van der Waals surface area (Å²) in [6.07, 6.45) is 0.680. The lowest BCUT2D eigenvalue weighted by atomic mass is 10.2. The van der Waals surface area contributed by atoms with E-state index in [0.717, 1.165) is 0 Å². The molecular formula is C14H24N4O3. The fraction of sp³-hybridized carbons (Fsp3) is 0.786. The molecule has 1 atom stereocenters. The molecule has 7 nitrogen and oxygen atoms in total. The molecule has 1 heterocycles. The average molecular weight is 296 g/mol. The molecule has 118 valence electrons. The van der Waals surface area contributed by atoms with Crippen LogP contribution in [0.3, 0.4) is 0 Å². The van der Waals surface area contributed by atoms with E-state index < -0.39 is 0 Å². The summed E-state index contributed by atoms with van der Waals surface area (Å²) in [4.78, 5) is 27.5. The number of likely N-dealkylation sites (N-methyl/N-ethyl adjacent to an activating group) is 1. The van der Waals surface area contributed by atoms with Gasteiger partial charge in [-0.25, -0.2) is 0 Å². The van der Waals surface area contributed by atoms with E-state index >= 15 is 0 Å². The molecule has 1 aliphatic rings. The molecule has 1 aliphatic heterocycles. The number of nitrogens with one attached hydrogen (secondary N) is 1. The number of carbonyl (C=O) groups excluding carboxylic acids is 2. The number of nitriles is 1. The van der Waals surface area contributed by atoms with Gasteiger partial charge in [-0.15, -0.1) is 0 Å². The molecule has 1 fully saturated rings. The normalized spacial score (nSPS) is 18.8. The van der Waals surface area contributed by atoms with Crippen LogP contribution in [0.15, 0.2) is 0 Å². The number of ether oxygens (including phenoxy) is 1. The molecule has 21 heavy (non-hydrogen) atoms. The molecule has 0 aromatic heterocycles. The third-order valence-electron chi connectivity index (χ3n) is 3.49. The largest absolute Gasteiger partial charge is 0.378 e. The van der Waals surface area contributed by atoms with Crippen LogP contribution < -0.4 is 5.32 Å². The molecule has 0 aromatic carbocycles. The molecule has 2 amide bonds. The van der Waals surface area contributed by atoms with Gasteiger partial charge in [-0.05, 0) is 6.92 Å². The van der Waals surface area contributed by atoms with Crippen molar-refractivity contribution in [2.75, 3.05) is 46.4 Å². The third-order valence-corrected chi connectivity index (χ3v) is 3.49. The zero-order chi connectivity index (χ0) is 15.7. The number of carbonyl (C=O) groups is 2. The van der Waals surface area contributed by atoms with Crippen molar-refractivity contribution in [3.05, 3.63) is 0 Å². The Bertz CT molecular complexity index is 394. The van der Waals surface area contributed by atoms with Gasteiger partial charge in [-0.1, -0.05) is 0 Å². The quantitative estimate of drug-likeness (QED) is 0.690. The highest BCUT2D eigenvalue weighted by Gasteiger charge is 2.29. The lowest BCUT2D eigenvalue weighted by molar-refractivity contribution is -0.135. The Kier molecular flexibility index (Phi) is 7.72. The third kappa shape index (κ3) is 5.69. The van der Waals surface area contributed by atoms with E-state index in [1.165, 1.54) is 0 Å². The Morgan fingerprint density at radius 3 is 2.95 bits per heavy atom. The minimum Gasteiger partial charge on any atom is -0.378 e. The molecule has 1 saturated heterocycles. The van der Waals surface area contributed by atoms with E-state index in [0.29, 0.717) is 52.2 Å². The van der Waals surface area contributed by atoms with E-state index in [1.54, 1.807) is 11.9 Å². The number of morpholine rings is 1. The lowest BCUT2D eigenvalue weighted by Crippen LogP contribution is -2.54. The zero-order valence-electron chi connectivity index (χ0n) is 12.8. The molecular weight excluding hydrogens is 272 g/mol. The van der Waals surface area contributed by atoms with Crippen molar-refractivity contribution in [1.29, 1.82) is 5.26 Å². The van der Waals surface area contributed by atoms with Crippen molar-refractivity contribution in [1.82, 2.24) is 15.1 Å². The van der Waals surface area contributed by atoms with Crippen LogP contribution in [-0.2, 0) is 14.3 Å². The highest BCUT2D eigenvalue weighted by molar-refractivity contribution is 5.82. The highest BCUT2D eigenvalue weighted by atomic mass is 16.5. The Morgan fingerprint density at radius 1 is 1.52 bits per heavy atom. The molecule has 0 bridgehead atoms. The van der Waals surface area contributed by atoms with Crippen molar-refractivity contribution in [2.24, 2.45) is 0 Å². The number of hydrogen-bond donors (Lipinski definition) is 1. The molecule has 0 aromatic rings. The number of amides is 2. The first kappa shape index (κ1) is 17.4. The van der Waals surface area contributed by atoms with E-state index in [1.807, 2.05) is 17.9 Å². The summed E-state index contributed by atoms with van der Waals surface area (Å²) in [5.41, 5.74) is 0. The zero-order valence-corrected chi connectivity index (χ0v) is 12.8. The second-order valence-electron chi connectivity index (χ2n) is 4.99. The smallest absolute Gasteiger partial charge is 0.239 e. The predicted octanol–water partition coefficient (Wildman–Crippen LogP) is -0.415. The van der Waals surface area contributed by atoms with Crippen LogP contribution in [0.4, 0.5) is 0 Å². The molecule has 1 rings (SSSR count). The van der Waals surface area contributed by atoms with E-state index in [4.69, 9.17) is 10.00 Å². The summed E-state index contributed by atoms with van der Waals surface area (Å²) in [7, 11) is 1.69. The summed E-state index contributed by atoms with van der Waals surface area (Å²) in [6, 6.07) is 1.70. The average Bonchev–Trinajstić information content (AvgIpc) is 2.50. The number of hydrogen-bond acceptors (Lipinski definition) is 5. The van der Waals surface area contributed by atoms with Crippen LogP contribution in [0.25, 0.3) is 0 Å². The Labute approximate surface area is 125 Å². The molecule has 1 N–H and O–H groups in total. The second-order valence-corrected chi connectivity index (χ2v) is 4.99. The minimum atomic E-state index is -0.323. The van der Waals surface area contributed by atoms with Gasteiger partial charge >= 0.3 is 0 Å². The van der Waals surface area contributed by atoms with Gasteiger partial charge in [0.25, 0.3) is 0 Å². The van der Waals surface area contributed by atoms with Crippen LogP contribution in [0.2, 0.25) is 0 Å². The topological polar surface area (TPSA) is 85.7 Å². The van der Waals surface area contributed by atoms with Crippen LogP contribution in [-0.4, -0.2) is 74.1 Å². The fourth-order valence-electron chi connectivity index (χ4n) is 2.21. The van der Waals surface area contributed by atoms with E-state index in [2.05, 4.69) is 5.32 Å². The summed E-state index contributed by atoms with van der Waals surface area (Å²) in [6.45, 7) is 5.02. The summed E-state index contributed by atoms with van der Waals surface area (Å²) < 4.78 is 5.35. The maximum atomic E-state index is 12.0. The molecule has 0 spiro atoms. The standard InChI is InChI=1S/C14H24N4O3/c1-3-16-14(20)12-11-21-10-9-18(12)8-5-13(19)17(2)7-4-6-15/h12H,3-5,7-11H2,1-2H3,(H,16,20). The van der Waals surface area contributed by atoms with Gasteiger partial charge in [0.1, 0.15) is 6.04 Å². The highest BCUT2D eigenvalue weighted by Crippen LogP contribution is 2.08. The number of rotatable bonds is 7. The first-order valence-corrected chi connectivity index (χ1v) is 7.30. The van der Waals surface area contributed by atoms with E-state index in [9.17, 15) is 9.59 Å². The predicted molar refractivity (Wildman–Crippen MR) is 77.3 cm³/mol. The van der Waals surface area contributed by atoms with Crippen molar-refractivity contribution in [3.8, 4) is 6.07 Å². The molecule has 1 unspecified atom stereocenters. The van der Waals surface area contributed by atoms with Crippen LogP contribution in [0.5, 0.6) is 0 Å². The van der Waals surface area contributed by atoms with Crippen molar-refractivity contribution >= 4 is 11.8 Å². The van der Waals surface area contributed by atoms with Crippen molar-refractivity contribution in [2.45, 2.75) is 25.8 Å². The minimum absolute atomic E-state index is 0.00797. The second kappa shape index (κ2) is 9.32. The van der Waals surface area contributed by atoms with Crippen molar-refractivity contribution in [3.63, 3.8) is 0 Å². The van der Waals surface area contributed by atoms with Gasteiger partial charge in [0.15, 0.2) is 0 Å². The fourth-order valence-corrected chi connectivity index (χ4v) is 2.21. The molecule has 0 aliphatic carbocycles. The monoisotopic (exact) mass is 296 g/mol. The Balaban J connectivity index is 2.45. The number of nitrogens with zero attached hydrogens (tertiary/aromatic N) is 3. The molecule has 7 heteroatoms. The van der Waals surface area contributed by atoms with Crippen LogP contribution >= 0.6 is 0 Å². The lowest BCUT2D eigenvalue weighted by Gasteiger charge is -2.34. The Morgan fingerprint density at radius 2 is 2.29 bits per heavy atom. The van der Waals surface area contributed by atoms with Gasteiger partial charge in [0, 0.05) is 39.6 Å². The first-order chi connectivity index (χ1) is 10.1. The van der Waals surface area contributed by atoms with Crippen LogP contribution in [0, 0.1) is 11.3 Å². The maximum absolute atomic E-state index is 12.0. The molecule has 0 radical (unpaired) electrons. The summed E-state index contributed by atoms with van der Waals surface area (Å²) >= 11 is 0. The van der Waals surface area contributed by atoms with Gasteiger partial charge in [-0.3, -0.25) is 14.5 Å². The van der Waals surface area contributed by atoms with Crippen LogP contribution in [0.1, 0.15) is 19.8 Å². The van der Waals surface area contributed by atoms with Gasteiger partial charge in [0.2, 0.25) is 11.8 Å². The summed E-state index contributed by atoms with van der Waals surface area (Å²) in [5, 5.41) is 11.3. The Hall–Kier alpha value is -1.65. The van der Waals surface area contributed by atoms with Gasteiger partial charge < -0.3 is 15.0 Å². The summed E-state index contributed by atoms with van der Waals surface area (Å²) in [5.74, 6) is -0.0612. The van der Waals surface area contributed by atoms with Crippen molar-refractivity contribution < 1.29 is 14.3 Å². The SMILES string of the molecule is CCNC(=O)C1COCCN1CCC(=O)N(C)CCC#N. The van der Waals surface area contributed by atoms with E-state index in [-0.39, 0.29) is 17.9 Å². The first-order valence-electron chi connectivity index (χ1n) is 7.30. The maximum Gasteiger partial charge on any atom is 0.239 e. The molecule has 0 saturated carbocycles.